The van der Waals surface area contributed by atoms with Crippen LogP contribution in [0.1, 0.15) is 32.1 Å². The summed E-state index contributed by atoms with van der Waals surface area (Å²) in [5.74, 6) is 0.870. The third-order valence-electron chi connectivity index (χ3n) is 4.60. The van der Waals surface area contributed by atoms with Crippen LogP contribution in [0.25, 0.3) is 0 Å². The maximum absolute atomic E-state index is 10.7. The van der Waals surface area contributed by atoms with Gasteiger partial charge in [0.25, 0.3) is 0 Å². The van der Waals surface area contributed by atoms with Crippen molar-refractivity contribution in [3.8, 4) is 0 Å². The van der Waals surface area contributed by atoms with Crippen LogP contribution in [0.3, 0.4) is 0 Å². The monoisotopic (exact) mass is 277 g/mol. The molecule has 0 radical (unpaired) electrons. The number of carboxylic acids is 1. The van der Waals surface area contributed by atoms with Gasteiger partial charge in [0.05, 0.1) is 12.5 Å². The lowest BCUT2D eigenvalue weighted by atomic mass is 10.0. The zero-order valence-corrected chi connectivity index (χ0v) is 11.2. The molecule has 0 aromatic rings. The van der Waals surface area contributed by atoms with Gasteiger partial charge < -0.3 is 15.0 Å². The smallest absolute Gasteiger partial charge is 0.303 e. The molecular formula is C13H19N5O2. The minimum Gasteiger partial charge on any atom is -0.481 e. The van der Waals surface area contributed by atoms with Crippen molar-refractivity contribution in [3.05, 3.63) is 12.4 Å². The summed E-state index contributed by atoms with van der Waals surface area (Å²) in [4.78, 5) is 12.8. The van der Waals surface area contributed by atoms with E-state index < -0.39 is 5.97 Å². The van der Waals surface area contributed by atoms with Crippen molar-refractivity contribution in [1.29, 1.82) is 0 Å². The van der Waals surface area contributed by atoms with Crippen LogP contribution in [-0.4, -0.2) is 45.1 Å². The van der Waals surface area contributed by atoms with E-state index in [9.17, 15) is 4.79 Å². The van der Waals surface area contributed by atoms with E-state index in [1.807, 2.05) is 12.4 Å². The second-order valence-electron chi connectivity index (χ2n) is 5.98. The van der Waals surface area contributed by atoms with Crippen molar-refractivity contribution in [2.24, 2.45) is 11.0 Å². The lowest BCUT2D eigenvalue weighted by Gasteiger charge is -2.37. The van der Waals surface area contributed by atoms with Crippen LogP contribution in [0.4, 0.5) is 0 Å². The summed E-state index contributed by atoms with van der Waals surface area (Å²) < 4.78 is 0. The topological polar surface area (TPSA) is 80.2 Å². The highest BCUT2D eigenvalue weighted by molar-refractivity contribution is 5.87. The fourth-order valence-corrected chi connectivity index (χ4v) is 3.36. The van der Waals surface area contributed by atoms with Crippen LogP contribution in [0.5, 0.6) is 0 Å². The minimum absolute atomic E-state index is 0.120. The summed E-state index contributed by atoms with van der Waals surface area (Å²) in [5.41, 5.74) is 6.74. The van der Waals surface area contributed by atoms with E-state index in [1.54, 1.807) is 0 Å². The Bertz CT molecular complexity index is 487. The van der Waals surface area contributed by atoms with Crippen LogP contribution in [0, 0.1) is 5.92 Å². The van der Waals surface area contributed by atoms with E-state index in [0.29, 0.717) is 18.5 Å². The molecule has 1 saturated heterocycles. The van der Waals surface area contributed by atoms with Gasteiger partial charge in [-0.3, -0.25) is 10.2 Å². The van der Waals surface area contributed by atoms with Crippen LogP contribution < -0.4 is 10.9 Å². The Morgan fingerprint density at radius 2 is 2.30 bits per heavy atom. The van der Waals surface area contributed by atoms with Gasteiger partial charge in [-0.25, -0.2) is 5.43 Å². The van der Waals surface area contributed by atoms with E-state index in [4.69, 9.17) is 5.11 Å². The highest BCUT2D eigenvalue weighted by Gasteiger charge is 2.47. The van der Waals surface area contributed by atoms with Gasteiger partial charge in [0.15, 0.2) is 0 Å². The molecule has 3 unspecified atom stereocenters. The zero-order valence-electron chi connectivity index (χ0n) is 11.2. The molecule has 7 heteroatoms. The van der Waals surface area contributed by atoms with Crippen LogP contribution in [0.2, 0.25) is 0 Å². The normalized spacial score (nSPS) is 34.6. The second kappa shape index (κ2) is 4.37. The van der Waals surface area contributed by atoms with Crippen molar-refractivity contribution in [2.75, 3.05) is 0 Å². The minimum atomic E-state index is -0.782. The van der Waals surface area contributed by atoms with E-state index in [1.165, 1.54) is 12.8 Å². The van der Waals surface area contributed by atoms with Gasteiger partial charge in [-0.15, -0.1) is 0 Å². The average molecular weight is 277 g/mol. The third-order valence-corrected chi connectivity index (χ3v) is 4.60. The number of aliphatic carboxylic acids is 1. The molecule has 0 amide bonds. The molecule has 0 aromatic heterocycles. The van der Waals surface area contributed by atoms with E-state index >= 15 is 0 Å². The first-order chi connectivity index (χ1) is 9.72. The summed E-state index contributed by atoms with van der Waals surface area (Å²) in [7, 11) is 0. The largest absolute Gasteiger partial charge is 0.481 e. The first-order valence-electron chi connectivity index (χ1n) is 7.27. The Labute approximate surface area is 117 Å². The summed E-state index contributed by atoms with van der Waals surface area (Å²) in [6.45, 7) is 0. The Hall–Kier alpha value is -1.76. The van der Waals surface area contributed by atoms with Gasteiger partial charge >= 0.3 is 5.97 Å². The molecule has 7 nitrogen and oxygen atoms in total. The molecule has 4 rings (SSSR count). The number of amidine groups is 1. The van der Waals surface area contributed by atoms with Gasteiger partial charge in [-0.05, 0) is 25.2 Å². The fourth-order valence-electron chi connectivity index (χ4n) is 3.36. The van der Waals surface area contributed by atoms with Gasteiger partial charge in [0.2, 0.25) is 0 Å². The molecule has 0 bridgehead atoms. The maximum atomic E-state index is 10.7. The number of carbonyl (C=O) groups is 1. The van der Waals surface area contributed by atoms with Gasteiger partial charge in [-0.1, -0.05) is 0 Å². The molecule has 0 spiro atoms. The molecular weight excluding hydrogens is 258 g/mol. The van der Waals surface area contributed by atoms with Crippen molar-refractivity contribution in [3.63, 3.8) is 0 Å². The molecule has 108 valence electrons. The van der Waals surface area contributed by atoms with Crippen LogP contribution >= 0.6 is 0 Å². The molecule has 1 aliphatic carbocycles. The molecule has 3 atom stereocenters. The van der Waals surface area contributed by atoms with Crippen molar-refractivity contribution in [2.45, 2.75) is 50.4 Å². The van der Waals surface area contributed by atoms with Gasteiger partial charge in [0, 0.05) is 24.9 Å². The van der Waals surface area contributed by atoms with E-state index in [2.05, 4.69) is 25.9 Å². The number of hydrogen-bond acceptors (Lipinski definition) is 6. The molecule has 20 heavy (non-hydrogen) atoms. The first kappa shape index (κ1) is 12.0. The first-order valence-corrected chi connectivity index (χ1v) is 7.27. The predicted molar refractivity (Wildman–Crippen MR) is 72.1 cm³/mol. The number of nitrogens with one attached hydrogen (secondary N) is 2. The predicted octanol–water partition coefficient (Wildman–Crippen LogP) is 0.238. The molecule has 2 fully saturated rings. The number of carboxylic acid groups (broad SMARTS) is 1. The highest BCUT2D eigenvalue weighted by Crippen LogP contribution is 2.39. The summed E-state index contributed by atoms with van der Waals surface area (Å²) >= 11 is 0. The van der Waals surface area contributed by atoms with Crippen molar-refractivity contribution >= 4 is 11.8 Å². The number of rotatable bonds is 4. The quantitative estimate of drug-likeness (QED) is 0.683. The summed E-state index contributed by atoms with van der Waals surface area (Å²) in [6.07, 6.45) is 8.54. The molecule has 3 heterocycles. The number of hydrogen-bond donors (Lipinski definition) is 3. The highest BCUT2D eigenvalue weighted by atomic mass is 16.4. The van der Waals surface area contributed by atoms with E-state index in [0.717, 1.165) is 18.2 Å². The summed E-state index contributed by atoms with van der Waals surface area (Å²) in [5, 5.41) is 15.3. The van der Waals surface area contributed by atoms with Crippen molar-refractivity contribution in [1.82, 2.24) is 20.8 Å². The Kier molecular flexibility index (Phi) is 2.63. The fraction of sp³-hybridized carbons (Fsp3) is 0.692. The standard InChI is InChI=1S/C13H19N5O2/c19-12(20)4-3-11-14-15-13-10-7-9(8-1-2-8)16-18(10)6-5-17(11)13/h5-6,8-10,13,15-16H,1-4,7H2,(H,19,20). The lowest BCUT2D eigenvalue weighted by Crippen LogP contribution is -2.54. The number of nitrogens with zero attached hydrogens (tertiary/aromatic N) is 3. The maximum Gasteiger partial charge on any atom is 0.303 e. The Morgan fingerprint density at radius 1 is 1.45 bits per heavy atom. The van der Waals surface area contributed by atoms with E-state index in [-0.39, 0.29) is 12.6 Å². The molecule has 3 aliphatic heterocycles. The number of hydrazone groups is 1. The summed E-state index contributed by atoms with van der Waals surface area (Å²) in [6, 6.07) is 0.936. The van der Waals surface area contributed by atoms with Gasteiger partial charge in [-0.2, -0.15) is 5.10 Å². The van der Waals surface area contributed by atoms with Gasteiger partial charge in [0.1, 0.15) is 12.0 Å². The SMILES string of the molecule is O=C(O)CCC1=NNC2C3CC(C4CC4)NN3C=CN12. The zero-order chi connectivity index (χ0) is 13.7. The lowest BCUT2D eigenvalue weighted by molar-refractivity contribution is -0.136. The average Bonchev–Trinajstić information content (AvgIpc) is 3.05. The number of fused-ring (bicyclic) bond motifs is 3. The molecule has 0 aromatic carbocycles. The molecule has 3 N–H and O–H groups in total. The Balaban J connectivity index is 1.45. The third kappa shape index (κ3) is 1.93. The van der Waals surface area contributed by atoms with Crippen LogP contribution in [0.15, 0.2) is 17.5 Å². The molecule has 1 saturated carbocycles. The number of hydrazine groups is 1. The Morgan fingerprint density at radius 3 is 3.05 bits per heavy atom. The van der Waals surface area contributed by atoms with Crippen molar-refractivity contribution < 1.29 is 9.90 Å². The second-order valence-corrected chi connectivity index (χ2v) is 5.98. The van der Waals surface area contributed by atoms with Crippen LogP contribution in [-0.2, 0) is 4.79 Å². The molecule has 4 aliphatic rings.